The van der Waals surface area contributed by atoms with Crippen LogP contribution in [0.25, 0.3) is 0 Å². The molecule has 0 amide bonds. The maximum absolute atomic E-state index is 10.5. The van der Waals surface area contributed by atoms with Crippen LogP contribution in [0.4, 0.5) is 0 Å². The molecule has 0 saturated heterocycles. The standard InChI is InChI=1S/C6H8O5.K/c1-11-6(10)3-4(7)2-5(8)9;/h2-3H2,1H3,(H,8,9);/q;+1. The number of rotatable bonds is 4. The van der Waals surface area contributed by atoms with Crippen molar-refractivity contribution in [3.8, 4) is 0 Å². The summed E-state index contributed by atoms with van der Waals surface area (Å²) >= 11 is 0. The zero-order chi connectivity index (χ0) is 8.85. The second-order valence-electron chi connectivity index (χ2n) is 1.86. The normalized spacial score (nSPS) is 8.08. The second-order valence-corrected chi connectivity index (χ2v) is 1.86. The molecule has 0 aliphatic rings. The SMILES string of the molecule is COC(=O)CC(=O)CC(=O)O.[K+]. The van der Waals surface area contributed by atoms with E-state index in [4.69, 9.17) is 5.11 Å². The molecule has 0 bridgehead atoms. The number of methoxy groups -OCH3 is 1. The first-order valence-corrected chi connectivity index (χ1v) is 2.86. The Kier molecular flexibility index (Phi) is 9.68. The first-order valence-electron chi connectivity index (χ1n) is 2.86. The van der Waals surface area contributed by atoms with Gasteiger partial charge in [0.25, 0.3) is 0 Å². The van der Waals surface area contributed by atoms with E-state index in [1.54, 1.807) is 0 Å². The quantitative estimate of drug-likeness (QED) is 0.290. The fourth-order valence-corrected chi connectivity index (χ4v) is 0.464. The Morgan fingerprint density at radius 2 is 1.75 bits per heavy atom. The molecule has 0 aromatic carbocycles. The van der Waals surface area contributed by atoms with Crippen LogP contribution < -0.4 is 51.4 Å². The van der Waals surface area contributed by atoms with Crippen LogP contribution in [-0.2, 0) is 19.1 Å². The summed E-state index contributed by atoms with van der Waals surface area (Å²) in [5.74, 6) is -2.60. The Labute approximate surface area is 112 Å². The third kappa shape index (κ3) is 8.34. The van der Waals surface area contributed by atoms with Crippen molar-refractivity contribution in [2.75, 3.05) is 7.11 Å². The summed E-state index contributed by atoms with van der Waals surface area (Å²) in [4.78, 5) is 30.8. The summed E-state index contributed by atoms with van der Waals surface area (Å²) in [5.41, 5.74) is 0. The smallest absolute Gasteiger partial charge is 0.481 e. The van der Waals surface area contributed by atoms with Gasteiger partial charge >= 0.3 is 63.3 Å². The number of hydrogen-bond donors (Lipinski definition) is 1. The van der Waals surface area contributed by atoms with Crippen molar-refractivity contribution in [3.63, 3.8) is 0 Å². The molecular weight excluding hydrogens is 191 g/mol. The van der Waals surface area contributed by atoms with E-state index in [1.807, 2.05) is 0 Å². The molecule has 0 fully saturated rings. The van der Waals surface area contributed by atoms with Gasteiger partial charge in [0, 0.05) is 0 Å². The van der Waals surface area contributed by atoms with E-state index in [0.717, 1.165) is 7.11 Å². The van der Waals surface area contributed by atoms with Crippen LogP contribution in [0.3, 0.4) is 0 Å². The van der Waals surface area contributed by atoms with Gasteiger partial charge in [-0.15, -0.1) is 0 Å². The summed E-state index contributed by atoms with van der Waals surface area (Å²) in [6.45, 7) is 0. The summed E-state index contributed by atoms with van der Waals surface area (Å²) in [6, 6.07) is 0. The van der Waals surface area contributed by atoms with Gasteiger partial charge in [0.1, 0.15) is 12.8 Å². The minimum Gasteiger partial charge on any atom is -0.481 e. The number of aliphatic carboxylic acids is 1. The molecule has 5 nitrogen and oxygen atoms in total. The molecule has 0 aliphatic carbocycles. The number of carbonyl (C=O) groups excluding carboxylic acids is 2. The number of Topliss-reactive ketones (excluding diaryl/α,β-unsaturated/α-hetero) is 1. The maximum atomic E-state index is 10.5. The summed E-state index contributed by atoms with van der Waals surface area (Å²) in [6.07, 6.45) is -1.10. The molecule has 62 valence electrons. The summed E-state index contributed by atoms with van der Waals surface area (Å²) < 4.78 is 4.15. The Balaban J connectivity index is 0. The van der Waals surface area contributed by atoms with E-state index in [-0.39, 0.29) is 51.4 Å². The van der Waals surface area contributed by atoms with Crippen LogP contribution in [-0.4, -0.2) is 29.9 Å². The number of ether oxygens (including phenoxy) is 1. The molecule has 12 heavy (non-hydrogen) atoms. The minimum absolute atomic E-state index is 0. The topological polar surface area (TPSA) is 80.7 Å². The molecule has 0 spiro atoms. The largest absolute Gasteiger partial charge is 1.00 e. The Morgan fingerprint density at radius 1 is 1.25 bits per heavy atom. The van der Waals surface area contributed by atoms with Gasteiger partial charge in [-0.25, -0.2) is 0 Å². The molecule has 0 radical (unpaired) electrons. The van der Waals surface area contributed by atoms with Gasteiger partial charge in [-0.3, -0.25) is 14.4 Å². The Bertz CT molecular complexity index is 188. The molecule has 0 aliphatic heterocycles. The first kappa shape index (κ1) is 14.8. The zero-order valence-corrected chi connectivity index (χ0v) is 10.1. The van der Waals surface area contributed by atoms with E-state index in [2.05, 4.69) is 4.74 Å². The van der Waals surface area contributed by atoms with Gasteiger partial charge in [0.05, 0.1) is 7.11 Å². The average molecular weight is 199 g/mol. The molecule has 0 atom stereocenters. The predicted molar refractivity (Wildman–Crippen MR) is 33.9 cm³/mol. The molecule has 6 heteroatoms. The number of carboxylic acid groups (broad SMARTS) is 1. The average Bonchev–Trinajstić information content (AvgIpc) is 1.85. The van der Waals surface area contributed by atoms with E-state index < -0.39 is 30.6 Å². The molecule has 0 aromatic heterocycles. The van der Waals surface area contributed by atoms with E-state index in [1.165, 1.54) is 0 Å². The van der Waals surface area contributed by atoms with Crippen molar-refractivity contribution in [1.29, 1.82) is 0 Å². The van der Waals surface area contributed by atoms with E-state index in [9.17, 15) is 14.4 Å². The van der Waals surface area contributed by atoms with Gasteiger partial charge in [-0.1, -0.05) is 0 Å². The minimum atomic E-state index is -1.24. The van der Waals surface area contributed by atoms with Crippen molar-refractivity contribution < 1.29 is 75.6 Å². The van der Waals surface area contributed by atoms with Crippen LogP contribution in [0, 0.1) is 0 Å². The van der Waals surface area contributed by atoms with Crippen molar-refractivity contribution in [2.45, 2.75) is 12.8 Å². The molecular formula is C6H8KO5+. The Hall–Kier alpha value is 0.246. The van der Waals surface area contributed by atoms with Gasteiger partial charge in [-0.2, -0.15) is 0 Å². The monoisotopic (exact) mass is 199 g/mol. The van der Waals surface area contributed by atoms with Crippen molar-refractivity contribution >= 4 is 17.7 Å². The van der Waals surface area contributed by atoms with E-state index >= 15 is 0 Å². The van der Waals surface area contributed by atoms with Gasteiger partial charge in [-0.05, 0) is 0 Å². The molecule has 0 saturated carbocycles. The van der Waals surface area contributed by atoms with Gasteiger partial charge in [0.15, 0.2) is 5.78 Å². The molecule has 0 aromatic rings. The zero-order valence-electron chi connectivity index (χ0n) is 6.99. The van der Waals surface area contributed by atoms with Crippen LogP contribution in [0.5, 0.6) is 0 Å². The molecule has 0 heterocycles. The first-order chi connectivity index (χ1) is 5.06. The number of carbonyl (C=O) groups is 3. The fraction of sp³-hybridized carbons (Fsp3) is 0.500. The third-order valence-corrected chi connectivity index (χ3v) is 0.918. The number of ketones is 1. The predicted octanol–water partition coefficient (Wildman–Crippen LogP) is -3.40. The van der Waals surface area contributed by atoms with Crippen LogP contribution in [0.15, 0.2) is 0 Å². The van der Waals surface area contributed by atoms with Crippen molar-refractivity contribution in [1.82, 2.24) is 0 Å². The summed E-state index contributed by atoms with van der Waals surface area (Å²) in [7, 11) is 1.14. The third-order valence-electron chi connectivity index (χ3n) is 0.918. The van der Waals surface area contributed by atoms with Gasteiger partial charge in [0.2, 0.25) is 0 Å². The van der Waals surface area contributed by atoms with Crippen molar-refractivity contribution in [2.24, 2.45) is 0 Å². The molecule has 0 unspecified atom stereocenters. The number of esters is 1. The van der Waals surface area contributed by atoms with Crippen molar-refractivity contribution in [3.05, 3.63) is 0 Å². The van der Waals surface area contributed by atoms with Crippen LogP contribution in [0.2, 0.25) is 0 Å². The van der Waals surface area contributed by atoms with Gasteiger partial charge < -0.3 is 9.84 Å². The number of carboxylic acids is 1. The maximum Gasteiger partial charge on any atom is 1.00 e. The molecule has 0 rings (SSSR count). The molecule has 1 N–H and O–H groups in total. The Morgan fingerprint density at radius 3 is 2.08 bits per heavy atom. The van der Waals surface area contributed by atoms with Crippen LogP contribution >= 0.6 is 0 Å². The fourth-order valence-electron chi connectivity index (χ4n) is 0.464. The van der Waals surface area contributed by atoms with E-state index in [0.29, 0.717) is 0 Å². The van der Waals surface area contributed by atoms with Crippen LogP contribution in [0.1, 0.15) is 12.8 Å². The summed E-state index contributed by atoms with van der Waals surface area (Å²) in [5, 5.41) is 8.10. The second kappa shape index (κ2) is 7.87. The number of hydrogen-bond acceptors (Lipinski definition) is 4.